The smallest absolute Gasteiger partial charge is 0.266 e. The van der Waals surface area contributed by atoms with E-state index in [1.165, 1.54) is 23.0 Å². The molecule has 0 bridgehead atoms. The van der Waals surface area contributed by atoms with Crippen LogP contribution < -0.4 is 4.31 Å². The predicted molar refractivity (Wildman–Crippen MR) is 89.0 cm³/mol. The van der Waals surface area contributed by atoms with Crippen molar-refractivity contribution in [2.45, 2.75) is 18.2 Å². The third kappa shape index (κ3) is 2.81. The van der Waals surface area contributed by atoms with E-state index in [0.29, 0.717) is 11.3 Å². The number of aromatic nitrogens is 3. The van der Waals surface area contributed by atoms with Crippen LogP contribution in [0.1, 0.15) is 12.5 Å². The number of rotatable bonds is 5. The molecule has 0 unspecified atom stereocenters. The van der Waals surface area contributed by atoms with Crippen molar-refractivity contribution < 1.29 is 8.42 Å². The van der Waals surface area contributed by atoms with E-state index in [1.807, 2.05) is 25.1 Å². The summed E-state index contributed by atoms with van der Waals surface area (Å²) in [5.41, 5.74) is 2.10. The van der Waals surface area contributed by atoms with Gasteiger partial charge in [-0.1, -0.05) is 19.1 Å². The second-order valence-corrected chi connectivity index (χ2v) is 7.01. The molecule has 8 heteroatoms. The van der Waals surface area contributed by atoms with E-state index in [0.717, 1.165) is 16.3 Å². The first kappa shape index (κ1) is 16.0. The van der Waals surface area contributed by atoms with Gasteiger partial charge in [0.05, 0.1) is 11.8 Å². The van der Waals surface area contributed by atoms with Gasteiger partial charge < -0.3 is 0 Å². The summed E-state index contributed by atoms with van der Waals surface area (Å²) in [6.45, 7) is 1.75. The molecule has 2 aromatic heterocycles. The van der Waals surface area contributed by atoms with Gasteiger partial charge in [0.25, 0.3) is 10.0 Å². The van der Waals surface area contributed by atoms with Crippen LogP contribution in [0.2, 0.25) is 0 Å². The summed E-state index contributed by atoms with van der Waals surface area (Å²) in [6.07, 6.45) is 3.73. The zero-order valence-electron chi connectivity index (χ0n) is 13.0. The summed E-state index contributed by atoms with van der Waals surface area (Å²) in [5.74, 6) is 0. The van der Waals surface area contributed by atoms with Crippen LogP contribution in [-0.2, 0) is 16.4 Å². The maximum atomic E-state index is 13.0. The van der Waals surface area contributed by atoms with Crippen molar-refractivity contribution in [1.29, 1.82) is 5.26 Å². The number of aryl methyl sites for hydroxylation is 1. The molecule has 0 saturated heterocycles. The Hall–Kier alpha value is -2.92. The van der Waals surface area contributed by atoms with Crippen LogP contribution in [0.3, 0.4) is 0 Å². The van der Waals surface area contributed by atoms with Crippen molar-refractivity contribution in [2.24, 2.45) is 0 Å². The number of hydrogen-bond acceptors (Lipinski definition) is 5. The van der Waals surface area contributed by atoms with E-state index < -0.39 is 10.0 Å². The summed E-state index contributed by atoms with van der Waals surface area (Å²) in [4.78, 5) is 0.0737. The zero-order chi connectivity index (χ0) is 17.2. The van der Waals surface area contributed by atoms with Gasteiger partial charge >= 0.3 is 0 Å². The molecule has 2 heterocycles. The normalized spacial score (nSPS) is 11.3. The number of nitriles is 1. The van der Waals surface area contributed by atoms with Crippen LogP contribution in [0.4, 0.5) is 5.69 Å². The number of sulfonamides is 1. The van der Waals surface area contributed by atoms with Crippen molar-refractivity contribution in [3.8, 4) is 6.07 Å². The highest BCUT2D eigenvalue weighted by Gasteiger charge is 2.25. The minimum Gasteiger partial charge on any atom is -0.288 e. The average molecular weight is 341 g/mol. The molecule has 122 valence electrons. The molecule has 3 aromatic rings. The van der Waals surface area contributed by atoms with Crippen molar-refractivity contribution >= 4 is 21.4 Å². The SMILES string of the molecule is CCc1ccc(N(CC#N)S(=O)(=O)c2ccc3nncn3c2)cc1. The quantitative estimate of drug-likeness (QED) is 0.662. The Morgan fingerprint density at radius 1 is 1.21 bits per heavy atom. The Bertz CT molecular complexity index is 1000. The number of anilines is 1. The molecule has 0 amide bonds. The molecule has 3 rings (SSSR count). The molecule has 0 fully saturated rings. The van der Waals surface area contributed by atoms with Crippen molar-refractivity contribution in [3.63, 3.8) is 0 Å². The van der Waals surface area contributed by atoms with Crippen molar-refractivity contribution in [1.82, 2.24) is 14.6 Å². The highest BCUT2D eigenvalue weighted by molar-refractivity contribution is 7.92. The highest BCUT2D eigenvalue weighted by atomic mass is 32.2. The molecule has 0 N–H and O–H groups in total. The van der Waals surface area contributed by atoms with Gasteiger partial charge in [0, 0.05) is 6.20 Å². The van der Waals surface area contributed by atoms with E-state index in [1.54, 1.807) is 18.2 Å². The topological polar surface area (TPSA) is 91.4 Å². The van der Waals surface area contributed by atoms with Crippen LogP contribution in [0.15, 0.2) is 53.8 Å². The van der Waals surface area contributed by atoms with Crippen molar-refractivity contribution in [3.05, 3.63) is 54.5 Å². The minimum absolute atomic E-state index is 0.0737. The first-order chi connectivity index (χ1) is 11.6. The van der Waals surface area contributed by atoms with E-state index in [4.69, 9.17) is 5.26 Å². The lowest BCUT2D eigenvalue weighted by Crippen LogP contribution is -2.31. The van der Waals surface area contributed by atoms with Crippen LogP contribution in [-0.4, -0.2) is 29.6 Å². The molecule has 24 heavy (non-hydrogen) atoms. The summed E-state index contributed by atoms with van der Waals surface area (Å²) in [7, 11) is -3.87. The van der Waals surface area contributed by atoms with Gasteiger partial charge in [-0.25, -0.2) is 8.42 Å². The van der Waals surface area contributed by atoms with Crippen LogP contribution in [0, 0.1) is 11.3 Å². The Morgan fingerprint density at radius 3 is 2.62 bits per heavy atom. The minimum atomic E-state index is -3.87. The molecule has 0 aliphatic heterocycles. The van der Waals surface area contributed by atoms with Crippen molar-refractivity contribution in [2.75, 3.05) is 10.8 Å². The van der Waals surface area contributed by atoms with Crippen LogP contribution in [0.5, 0.6) is 0 Å². The average Bonchev–Trinajstić information content (AvgIpc) is 3.07. The predicted octanol–water partition coefficient (Wildman–Crippen LogP) is 2.01. The zero-order valence-corrected chi connectivity index (χ0v) is 13.8. The number of hydrogen-bond donors (Lipinski definition) is 0. The maximum absolute atomic E-state index is 13.0. The van der Waals surface area contributed by atoms with Gasteiger partial charge in [-0.2, -0.15) is 5.26 Å². The summed E-state index contributed by atoms with van der Waals surface area (Å²) in [5, 5.41) is 16.7. The Kier molecular flexibility index (Phi) is 4.18. The number of nitrogens with zero attached hydrogens (tertiary/aromatic N) is 5. The van der Waals surface area contributed by atoms with E-state index in [2.05, 4.69) is 10.2 Å². The second-order valence-electron chi connectivity index (χ2n) is 5.15. The lowest BCUT2D eigenvalue weighted by atomic mass is 10.1. The molecule has 0 radical (unpaired) electrons. The Labute approximate surface area is 139 Å². The molecular formula is C16H15N5O2S. The summed E-state index contributed by atoms with van der Waals surface area (Å²) >= 11 is 0. The largest absolute Gasteiger partial charge is 0.288 e. The fourth-order valence-electron chi connectivity index (χ4n) is 2.36. The maximum Gasteiger partial charge on any atom is 0.266 e. The monoisotopic (exact) mass is 341 g/mol. The first-order valence-corrected chi connectivity index (χ1v) is 8.78. The van der Waals surface area contributed by atoms with Crippen LogP contribution in [0.25, 0.3) is 5.65 Å². The lowest BCUT2D eigenvalue weighted by molar-refractivity contribution is 0.592. The van der Waals surface area contributed by atoms with Gasteiger partial charge in [0.15, 0.2) is 5.65 Å². The fourth-order valence-corrected chi connectivity index (χ4v) is 3.73. The van der Waals surface area contributed by atoms with E-state index in [9.17, 15) is 8.42 Å². The van der Waals surface area contributed by atoms with Gasteiger partial charge in [-0.15, -0.1) is 10.2 Å². The van der Waals surface area contributed by atoms with Gasteiger partial charge in [-0.05, 0) is 36.2 Å². The van der Waals surface area contributed by atoms with E-state index in [-0.39, 0.29) is 11.4 Å². The van der Waals surface area contributed by atoms with Gasteiger partial charge in [-0.3, -0.25) is 8.71 Å². The molecule has 1 aromatic carbocycles. The fraction of sp³-hybridized carbons (Fsp3) is 0.188. The van der Waals surface area contributed by atoms with Crippen LogP contribution >= 0.6 is 0 Å². The molecule has 0 atom stereocenters. The summed E-state index contributed by atoms with van der Waals surface area (Å²) in [6, 6.07) is 12.1. The first-order valence-electron chi connectivity index (χ1n) is 7.34. The molecule has 7 nitrogen and oxygen atoms in total. The lowest BCUT2D eigenvalue weighted by Gasteiger charge is -2.22. The molecule has 0 saturated carbocycles. The molecule has 0 aliphatic carbocycles. The summed E-state index contributed by atoms with van der Waals surface area (Å²) < 4.78 is 28.5. The Balaban J connectivity index is 2.06. The third-order valence-electron chi connectivity index (χ3n) is 3.70. The number of pyridine rings is 1. The van der Waals surface area contributed by atoms with E-state index >= 15 is 0 Å². The number of fused-ring (bicyclic) bond motifs is 1. The number of benzene rings is 1. The molecule has 0 spiro atoms. The van der Waals surface area contributed by atoms with Gasteiger partial charge in [0.2, 0.25) is 0 Å². The van der Waals surface area contributed by atoms with Gasteiger partial charge in [0.1, 0.15) is 17.8 Å². The third-order valence-corrected chi connectivity index (χ3v) is 5.46. The molecular weight excluding hydrogens is 326 g/mol. The highest BCUT2D eigenvalue weighted by Crippen LogP contribution is 2.24. The molecule has 0 aliphatic rings. The Morgan fingerprint density at radius 2 is 1.96 bits per heavy atom. The standard InChI is InChI=1S/C16H15N5O2S/c1-2-13-3-5-14(6-4-13)21(10-9-17)24(22,23)15-7-8-16-19-18-12-20(16)11-15/h3-8,11-12H,2,10H2,1H3. The second kappa shape index (κ2) is 6.29.